The molecule has 9 nitrogen and oxygen atoms in total. The van der Waals surface area contributed by atoms with Crippen LogP contribution in [0.1, 0.15) is 22.6 Å². The van der Waals surface area contributed by atoms with Gasteiger partial charge in [0.05, 0.1) is 10.6 Å². The number of pyridine rings is 1. The fourth-order valence-corrected chi connectivity index (χ4v) is 2.88. The number of nitro groups is 1. The lowest BCUT2D eigenvalue weighted by molar-refractivity contribution is -0.386. The van der Waals surface area contributed by atoms with E-state index in [1.165, 1.54) is 4.68 Å². The predicted octanol–water partition coefficient (Wildman–Crippen LogP) is 2.70. The molecular formula is C20H21N5O4. The zero-order valence-electron chi connectivity index (χ0n) is 16.2. The lowest BCUT2D eigenvalue weighted by Crippen LogP contribution is -2.28. The first-order valence-electron chi connectivity index (χ1n) is 9.01. The molecule has 0 bridgehead atoms. The lowest BCUT2D eigenvalue weighted by atomic mass is 10.2. The van der Waals surface area contributed by atoms with Crippen molar-refractivity contribution in [3.63, 3.8) is 0 Å². The third-order valence-electron chi connectivity index (χ3n) is 4.32. The molecule has 3 aromatic rings. The molecule has 1 amide bonds. The van der Waals surface area contributed by atoms with Crippen LogP contribution in [0.4, 0.5) is 5.69 Å². The maximum atomic E-state index is 12.2. The molecular weight excluding hydrogens is 374 g/mol. The van der Waals surface area contributed by atoms with Crippen LogP contribution < -0.4 is 10.1 Å². The highest BCUT2D eigenvalue weighted by atomic mass is 16.6. The Morgan fingerprint density at radius 1 is 1.24 bits per heavy atom. The highest BCUT2D eigenvalue weighted by Crippen LogP contribution is 2.21. The molecule has 9 heteroatoms. The van der Waals surface area contributed by atoms with Crippen LogP contribution in [0, 0.1) is 24.0 Å². The van der Waals surface area contributed by atoms with Gasteiger partial charge in [0.2, 0.25) is 5.91 Å². The van der Waals surface area contributed by atoms with E-state index in [2.05, 4.69) is 15.4 Å². The first kappa shape index (κ1) is 20.0. The van der Waals surface area contributed by atoms with Gasteiger partial charge >= 0.3 is 5.69 Å². The van der Waals surface area contributed by atoms with Crippen LogP contribution in [-0.2, 0) is 24.5 Å². The zero-order chi connectivity index (χ0) is 20.8. The average Bonchev–Trinajstić information content (AvgIpc) is 2.99. The van der Waals surface area contributed by atoms with E-state index in [1.807, 2.05) is 42.5 Å². The molecule has 0 spiro atoms. The van der Waals surface area contributed by atoms with Gasteiger partial charge in [-0.3, -0.25) is 24.6 Å². The zero-order valence-corrected chi connectivity index (χ0v) is 16.2. The van der Waals surface area contributed by atoms with Crippen LogP contribution in [0.2, 0.25) is 0 Å². The summed E-state index contributed by atoms with van der Waals surface area (Å²) in [6.45, 7) is 3.70. The summed E-state index contributed by atoms with van der Waals surface area (Å²) in [5.74, 6) is 0.391. The highest BCUT2D eigenvalue weighted by Gasteiger charge is 2.22. The van der Waals surface area contributed by atoms with Gasteiger partial charge in [0.15, 0.2) is 0 Å². The summed E-state index contributed by atoms with van der Waals surface area (Å²) in [4.78, 5) is 27.0. The normalized spacial score (nSPS) is 10.6. The standard InChI is InChI=1S/C20H21N5O4/c1-14-20(25(27)28)15(2)24(23-14)12-19(26)22-11-16-6-5-8-18(10-16)29-13-17-7-3-4-9-21-17/h3-10H,11-13H2,1-2H3,(H,22,26). The summed E-state index contributed by atoms with van der Waals surface area (Å²) in [5, 5.41) is 17.9. The molecule has 0 saturated heterocycles. The van der Waals surface area contributed by atoms with Crippen molar-refractivity contribution in [3.05, 3.63) is 81.4 Å². The number of ether oxygens (including phenoxy) is 1. The van der Waals surface area contributed by atoms with Crippen LogP contribution in [0.5, 0.6) is 5.75 Å². The molecule has 2 aromatic heterocycles. The van der Waals surface area contributed by atoms with Gasteiger partial charge < -0.3 is 10.1 Å². The van der Waals surface area contributed by atoms with Crippen molar-refractivity contribution in [2.45, 2.75) is 33.5 Å². The number of carbonyl (C=O) groups is 1. The van der Waals surface area contributed by atoms with Crippen LogP contribution in [0.3, 0.4) is 0 Å². The molecule has 3 rings (SSSR count). The predicted molar refractivity (Wildman–Crippen MR) is 105 cm³/mol. The number of aryl methyl sites for hydroxylation is 1. The van der Waals surface area contributed by atoms with Gasteiger partial charge in [-0.15, -0.1) is 0 Å². The maximum absolute atomic E-state index is 12.2. The average molecular weight is 395 g/mol. The Morgan fingerprint density at radius 2 is 2.07 bits per heavy atom. The number of hydrogen-bond acceptors (Lipinski definition) is 6. The maximum Gasteiger partial charge on any atom is 0.312 e. The summed E-state index contributed by atoms with van der Waals surface area (Å²) < 4.78 is 7.08. The lowest BCUT2D eigenvalue weighted by Gasteiger charge is -2.09. The van der Waals surface area contributed by atoms with Gasteiger partial charge in [-0.25, -0.2) is 0 Å². The van der Waals surface area contributed by atoms with E-state index in [0.717, 1.165) is 11.3 Å². The summed E-state index contributed by atoms with van der Waals surface area (Å²) in [6.07, 6.45) is 1.71. The van der Waals surface area contributed by atoms with E-state index in [0.29, 0.717) is 24.6 Å². The van der Waals surface area contributed by atoms with E-state index in [-0.39, 0.29) is 23.8 Å². The number of nitrogens with zero attached hydrogens (tertiary/aromatic N) is 4. The van der Waals surface area contributed by atoms with Crippen LogP contribution in [0.15, 0.2) is 48.7 Å². The quantitative estimate of drug-likeness (QED) is 0.464. The molecule has 2 heterocycles. The Kier molecular flexibility index (Phi) is 6.18. The molecule has 29 heavy (non-hydrogen) atoms. The second-order valence-electron chi connectivity index (χ2n) is 6.47. The minimum atomic E-state index is -0.484. The molecule has 0 unspecified atom stereocenters. The van der Waals surface area contributed by atoms with Gasteiger partial charge in [0, 0.05) is 12.7 Å². The number of nitrogens with one attached hydrogen (secondary N) is 1. The first-order valence-corrected chi connectivity index (χ1v) is 9.01. The molecule has 0 radical (unpaired) electrons. The SMILES string of the molecule is Cc1nn(CC(=O)NCc2cccc(OCc3ccccn3)c2)c(C)c1[N+](=O)[O-]. The second kappa shape index (κ2) is 8.96. The van der Waals surface area contributed by atoms with Crippen LogP contribution in [-0.4, -0.2) is 25.6 Å². The van der Waals surface area contributed by atoms with Gasteiger partial charge in [-0.1, -0.05) is 18.2 Å². The summed E-state index contributed by atoms with van der Waals surface area (Å²) >= 11 is 0. The van der Waals surface area contributed by atoms with Crippen molar-refractivity contribution in [1.29, 1.82) is 0 Å². The molecule has 150 valence electrons. The van der Waals surface area contributed by atoms with E-state index in [4.69, 9.17) is 4.74 Å². The second-order valence-corrected chi connectivity index (χ2v) is 6.47. The summed E-state index contributed by atoms with van der Waals surface area (Å²) in [7, 11) is 0. The van der Waals surface area contributed by atoms with Crippen molar-refractivity contribution < 1.29 is 14.5 Å². The molecule has 0 atom stereocenters. The molecule has 1 N–H and O–H groups in total. The van der Waals surface area contributed by atoms with Gasteiger partial charge in [-0.2, -0.15) is 5.10 Å². The molecule has 0 saturated carbocycles. The van der Waals surface area contributed by atoms with E-state index in [9.17, 15) is 14.9 Å². The van der Waals surface area contributed by atoms with Crippen molar-refractivity contribution in [2.24, 2.45) is 0 Å². The van der Waals surface area contributed by atoms with Gasteiger partial charge in [-0.05, 0) is 43.7 Å². The van der Waals surface area contributed by atoms with Crippen molar-refractivity contribution in [1.82, 2.24) is 20.1 Å². The van der Waals surface area contributed by atoms with Crippen molar-refractivity contribution in [3.8, 4) is 5.75 Å². The van der Waals surface area contributed by atoms with E-state index >= 15 is 0 Å². The van der Waals surface area contributed by atoms with Crippen LogP contribution in [0.25, 0.3) is 0 Å². The largest absolute Gasteiger partial charge is 0.487 e. The summed E-state index contributed by atoms with van der Waals surface area (Å²) in [6, 6.07) is 13.0. The Labute approximate surface area is 167 Å². The van der Waals surface area contributed by atoms with Crippen molar-refractivity contribution >= 4 is 11.6 Å². The smallest absolute Gasteiger partial charge is 0.312 e. The number of carbonyl (C=O) groups excluding carboxylic acids is 1. The van der Waals surface area contributed by atoms with E-state index in [1.54, 1.807) is 20.0 Å². The van der Waals surface area contributed by atoms with E-state index < -0.39 is 4.92 Å². The van der Waals surface area contributed by atoms with Crippen LogP contribution >= 0.6 is 0 Å². The van der Waals surface area contributed by atoms with Crippen molar-refractivity contribution in [2.75, 3.05) is 0 Å². The number of rotatable bonds is 8. The number of aromatic nitrogens is 3. The number of amides is 1. The number of hydrogen-bond donors (Lipinski definition) is 1. The molecule has 0 aliphatic carbocycles. The molecule has 1 aromatic carbocycles. The Hall–Kier alpha value is -3.75. The number of benzene rings is 1. The minimum absolute atomic E-state index is 0.0597. The molecule has 0 aliphatic rings. The fourth-order valence-electron chi connectivity index (χ4n) is 2.88. The molecule has 0 aliphatic heterocycles. The fraction of sp³-hybridized carbons (Fsp3) is 0.250. The Balaban J connectivity index is 1.55. The monoisotopic (exact) mass is 395 g/mol. The minimum Gasteiger partial charge on any atom is -0.487 e. The molecule has 0 fully saturated rings. The Morgan fingerprint density at radius 3 is 2.76 bits per heavy atom. The first-order chi connectivity index (χ1) is 13.9. The third kappa shape index (κ3) is 5.16. The topological polar surface area (TPSA) is 112 Å². The third-order valence-corrected chi connectivity index (χ3v) is 4.32. The van der Waals surface area contributed by atoms with Gasteiger partial charge in [0.25, 0.3) is 0 Å². The Bertz CT molecular complexity index is 1020. The van der Waals surface area contributed by atoms with Gasteiger partial charge in [0.1, 0.15) is 30.3 Å². The highest BCUT2D eigenvalue weighted by molar-refractivity contribution is 5.75. The summed E-state index contributed by atoms with van der Waals surface area (Å²) in [5.41, 5.74) is 2.28.